The van der Waals surface area contributed by atoms with Crippen molar-refractivity contribution >= 4 is 27.5 Å². The zero-order valence-electron chi connectivity index (χ0n) is 11.7. The summed E-state index contributed by atoms with van der Waals surface area (Å²) < 4.78 is 5.80. The van der Waals surface area contributed by atoms with E-state index >= 15 is 0 Å². The van der Waals surface area contributed by atoms with Crippen molar-refractivity contribution < 1.29 is 4.74 Å². The van der Waals surface area contributed by atoms with Crippen molar-refractivity contribution in [1.82, 2.24) is 0 Å². The van der Waals surface area contributed by atoms with Gasteiger partial charge in [-0.25, -0.2) is 0 Å². The highest BCUT2D eigenvalue weighted by atomic mass is 79.9. The van der Waals surface area contributed by atoms with Gasteiger partial charge >= 0.3 is 0 Å². The van der Waals surface area contributed by atoms with Crippen molar-refractivity contribution in [3.05, 3.63) is 33.8 Å². The first-order chi connectivity index (χ1) is 9.08. The first-order valence-corrected chi connectivity index (χ1v) is 8.39. The van der Waals surface area contributed by atoms with Gasteiger partial charge in [-0.2, -0.15) is 0 Å². The number of hydrogen-bond acceptors (Lipinski definition) is 1. The normalized spacial score (nSPS) is 21.4. The Bertz CT molecular complexity index is 427. The van der Waals surface area contributed by atoms with Crippen molar-refractivity contribution in [2.75, 3.05) is 6.61 Å². The molecule has 0 radical (unpaired) electrons. The molecule has 0 spiro atoms. The summed E-state index contributed by atoms with van der Waals surface area (Å²) in [6.45, 7) is 5.14. The lowest BCUT2D eigenvalue weighted by Crippen LogP contribution is -2.19. The van der Waals surface area contributed by atoms with Crippen molar-refractivity contribution in [2.24, 2.45) is 0 Å². The second-order valence-electron chi connectivity index (χ2n) is 5.49. The van der Waals surface area contributed by atoms with Crippen molar-refractivity contribution in [3.63, 3.8) is 0 Å². The van der Waals surface area contributed by atoms with Crippen molar-refractivity contribution in [3.8, 4) is 0 Å². The molecule has 1 aliphatic rings. The summed E-state index contributed by atoms with van der Waals surface area (Å²) in [6, 6.07) is 4.27. The first-order valence-electron chi connectivity index (χ1n) is 7.10. The van der Waals surface area contributed by atoms with Crippen LogP contribution < -0.4 is 0 Å². The Morgan fingerprint density at radius 1 is 1.32 bits per heavy atom. The third kappa shape index (κ3) is 4.21. The van der Waals surface area contributed by atoms with Gasteiger partial charge in [0.25, 0.3) is 0 Å². The molecule has 3 heteroatoms. The van der Waals surface area contributed by atoms with Gasteiger partial charge in [0.15, 0.2) is 0 Å². The lowest BCUT2D eigenvalue weighted by Gasteiger charge is -2.24. The average Bonchev–Trinajstić information content (AvgIpc) is 2.41. The first kappa shape index (κ1) is 15.3. The number of benzene rings is 1. The molecule has 1 aromatic rings. The van der Waals surface area contributed by atoms with E-state index in [9.17, 15) is 0 Å². The predicted molar refractivity (Wildman–Crippen MR) is 85.4 cm³/mol. The lowest BCUT2D eigenvalue weighted by molar-refractivity contribution is 0.0101. The van der Waals surface area contributed by atoms with E-state index in [0.29, 0.717) is 10.9 Å². The molecule has 19 heavy (non-hydrogen) atoms. The number of rotatable bonds is 4. The molecule has 0 saturated carbocycles. The smallest absolute Gasteiger partial charge is 0.0575 e. The second kappa shape index (κ2) is 7.10. The second-order valence-corrected chi connectivity index (χ2v) is 7.00. The quantitative estimate of drug-likeness (QED) is 0.632. The van der Waals surface area contributed by atoms with Crippen LogP contribution >= 0.6 is 27.5 Å². The zero-order chi connectivity index (χ0) is 13.8. The lowest BCUT2D eigenvalue weighted by atomic mass is 9.97. The van der Waals surface area contributed by atoms with Crippen molar-refractivity contribution in [1.29, 1.82) is 0 Å². The summed E-state index contributed by atoms with van der Waals surface area (Å²) >= 11 is 9.98. The van der Waals surface area contributed by atoms with Crippen LogP contribution in [0.2, 0.25) is 5.02 Å². The van der Waals surface area contributed by atoms with Gasteiger partial charge < -0.3 is 4.74 Å². The van der Waals surface area contributed by atoms with Crippen LogP contribution in [0.1, 0.15) is 53.6 Å². The zero-order valence-corrected chi connectivity index (χ0v) is 14.1. The van der Waals surface area contributed by atoms with E-state index in [0.717, 1.165) is 30.0 Å². The van der Waals surface area contributed by atoms with Crippen LogP contribution in [0.15, 0.2) is 12.1 Å². The Morgan fingerprint density at radius 2 is 2.11 bits per heavy atom. The monoisotopic (exact) mass is 344 g/mol. The van der Waals surface area contributed by atoms with Gasteiger partial charge in [0.1, 0.15) is 0 Å². The van der Waals surface area contributed by atoms with Crippen LogP contribution in [0.3, 0.4) is 0 Å². The summed E-state index contributed by atoms with van der Waals surface area (Å²) in [5.74, 6) is 0. The highest BCUT2D eigenvalue weighted by Gasteiger charge is 2.17. The molecule has 1 nitrogen and oxygen atoms in total. The van der Waals surface area contributed by atoms with E-state index in [1.165, 1.54) is 30.4 Å². The molecule has 2 unspecified atom stereocenters. The van der Waals surface area contributed by atoms with Crippen LogP contribution in [0.25, 0.3) is 0 Å². The standard InChI is InChI=1S/C16H22BrClO/c1-11-10-16(18)12(2)9-14(11)15(17)7-6-13-5-3-4-8-19-13/h9-10,13,15H,3-8H2,1-2H3. The van der Waals surface area contributed by atoms with Crippen LogP contribution in [0.5, 0.6) is 0 Å². The van der Waals surface area contributed by atoms with Crippen molar-refractivity contribution in [2.45, 2.75) is 56.9 Å². The molecule has 106 valence electrons. The molecule has 1 aromatic carbocycles. The van der Waals surface area contributed by atoms with E-state index < -0.39 is 0 Å². The molecule has 2 atom stereocenters. The summed E-state index contributed by atoms with van der Waals surface area (Å²) in [5.41, 5.74) is 3.78. The van der Waals surface area contributed by atoms with E-state index in [1.807, 2.05) is 0 Å². The molecule has 0 aromatic heterocycles. The molecule has 1 aliphatic heterocycles. The van der Waals surface area contributed by atoms with Gasteiger partial charge in [-0.1, -0.05) is 33.6 Å². The molecule has 0 N–H and O–H groups in total. The van der Waals surface area contributed by atoms with Crippen LogP contribution in [-0.4, -0.2) is 12.7 Å². The molecule has 1 heterocycles. The average molecular weight is 346 g/mol. The fourth-order valence-electron chi connectivity index (χ4n) is 2.66. The minimum Gasteiger partial charge on any atom is -0.378 e. The Hall–Kier alpha value is -0.0500. The number of ether oxygens (including phenoxy) is 1. The summed E-state index contributed by atoms with van der Waals surface area (Å²) in [7, 11) is 0. The fraction of sp³-hybridized carbons (Fsp3) is 0.625. The maximum absolute atomic E-state index is 6.15. The molecular weight excluding hydrogens is 324 g/mol. The maximum Gasteiger partial charge on any atom is 0.0575 e. The Balaban J connectivity index is 1.95. The number of hydrogen-bond donors (Lipinski definition) is 0. The summed E-state index contributed by atoms with van der Waals surface area (Å²) in [6.07, 6.45) is 6.48. The highest BCUT2D eigenvalue weighted by Crippen LogP contribution is 2.34. The molecular formula is C16H22BrClO. The highest BCUT2D eigenvalue weighted by molar-refractivity contribution is 9.09. The summed E-state index contributed by atoms with van der Waals surface area (Å²) in [4.78, 5) is 0.397. The van der Waals surface area contributed by atoms with E-state index in [4.69, 9.17) is 16.3 Å². The topological polar surface area (TPSA) is 9.23 Å². The molecule has 0 bridgehead atoms. The Kier molecular flexibility index (Phi) is 5.73. The maximum atomic E-state index is 6.15. The molecule has 1 saturated heterocycles. The van der Waals surface area contributed by atoms with Crippen LogP contribution in [0, 0.1) is 13.8 Å². The SMILES string of the molecule is Cc1cc(C(Br)CCC2CCCCO2)c(C)cc1Cl. The minimum absolute atomic E-state index is 0.397. The third-order valence-electron chi connectivity index (χ3n) is 3.90. The Morgan fingerprint density at radius 3 is 2.79 bits per heavy atom. The fourth-order valence-corrected chi connectivity index (χ4v) is 3.64. The predicted octanol–water partition coefficient (Wildman–Crippen LogP) is 5.74. The molecule has 0 aliphatic carbocycles. The van der Waals surface area contributed by atoms with Crippen LogP contribution in [0.4, 0.5) is 0 Å². The van der Waals surface area contributed by atoms with Gasteiger partial charge in [-0.15, -0.1) is 0 Å². The largest absolute Gasteiger partial charge is 0.378 e. The van der Waals surface area contributed by atoms with E-state index in [1.54, 1.807) is 0 Å². The summed E-state index contributed by atoms with van der Waals surface area (Å²) in [5, 5.41) is 0.858. The molecule has 0 amide bonds. The van der Waals surface area contributed by atoms with Gasteiger partial charge in [0, 0.05) is 16.5 Å². The van der Waals surface area contributed by atoms with Gasteiger partial charge in [-0.3, -0.25) is 0 Å². The Labute approximate surface area is 129 Å². The number of halogens is 2. The molecule has 2 rings (SSSR count). The van der Waals surface area contributed by atoms with Gasteiger partial charge in [0.2, 0.25) is 0 Å². The molecule has 1 fully saturated rings. The number of alkyl halides is 1. The van der Waals surface area contributed by atoms with Crippen LogP contribution in [-0.2, 0) is 4.74 Å². The van der Waals surface area contributed by atoms with Gasteiger partial charge in [0.05, 0.1) is 6.10 Å². The minimum atomic E-state index is 0.397. The van der Waals surface area contributed by atoms with E-state index in [2.05, 4.69) is 41.9 Å². The number of aryl methyl sites for hydroxylation is 2. The van der Waals surface area contributed by atoms with Gasteiger partial charge in [-0.05, 0) is 68.7 Å². The van der Waals surface area contributed by atoms with E-state index in [-0.39, 0.29) is 0 Å². The third-order valence-corrected chi connectivity index (χ3v) is 5.26.